The third-order valence-corrected chi connectivity index (χ3v) is 13.6. The van der Waals surface area contributed by atoms with Crippen LogP contribution in [0.2, 0.25) is 18.1 Å². The summed E-state index contributed by atoms with van der Waals surface area (Å²) in [5, 5.41) is 11.1. The molecule has 0 spiro atoms. The molecule has 0 aliphatic carbocycles. The van der Waals surface area contributed by atoms with Gasteiger partial charge in [0, 0.05) is 31.6 Å². The molecule has 3 saturated heterocycles. The van der Waals surface area contributed by atoms with E-state index < -0.39 is 91.5 Å². The second kappa shape index (κ2) is 11.9. The Morgan fingerprint density at radius 1 is 0.881 bits per heavy atom. The smallest absolute Gasteiger partial charge is 0.311 e. The van der Waals surface area contributed by atoms with Gasteiger partial charge in [0.2, 0.25) is 6.29 Å². The van der Waals surface area contributed by atoms with E-state index in [9.17, 15) is 19.5 Å². The molecule has 9 atom stereocenters. The molecule has 42 heavy (non-hydrogen) atoms. The average Bonchev–Trinajstić information content (AvgIpc) is 2.80. The van der Waals surface area contributed by atoms with E-state index in [1.807, 2.05) is 6.92 Å². The first kappa shape index (κ1) is 35.1. The molecule has 0 saturated carbocycles. The van der Waals surface area contributed by atoms with Crippen LogP contribution in [0.15, 0.2) is 0 Å². The molecule has 0 amide bonds. The number of aliphatic hydroxyl groups is 1. The molecule has 3 heterocycles. The molecule has 3 rings (SSSR count). The lowest BCUT2D eigenvalue weighted by Gasteiger charge is -2.58. The maximum Gasteiger partial charge on any atom is 0.311 e. The number of esters is 2. The summed E-state index contributed by atoms with van der Waals surface area (Å²) in [4.78, 5) is 38.0. The van der Waals surface area contributed by atoms with E-state index >= 15 is 0 Å². The summed E-state index contributed by atoms with van der Waals surface area (Å²) < 4.78 is 37.8. The number of fused-ring (bicyclic) bond motifs is 2. The largest absolute Gasteiger partial charge is 0.459 e. The van der Waals surface area contributed by atoms with Crippen LogP contribution in [0.25, 0.3) is 0 Å². The molecule has 0 radical (unpaired) electrons. The van der Waals surface area contributed by atoms with Crippen molar-refractivity contribution in [3.63, 3.8) is 0 Å². The molecule has 242 valence electrons. The van der Waals surface area contributed by atoms with Gasteiger partial charge in [-0.15, -0.1) is 0 Å². The number of Topliss-reactive ketones (excluding diaryl/α,β-unsaturated/α-hetero) is 1. The van der Waals surface area contributed by atoms with Crippen LogP contribution >= 0.6 is 0 Å². The van der Waals surface area contributed by atoms with Crippen molar-refractivity contribution in [3.8, 4) is 0 Å². The standard InChI is InChI=1S/C31H54O10Si/c1-17(32)36-23-16-22(41-42(12,13)30(8,9)10)31(11)21(39-23)15-18-19(40-31)14-20(38-27(35)29(5,6)7)25(37-18)24(33)26(34)28(2,3)4/h18-25,33H,14-16H2,1-13H3/t18-,19+,20-,21+,22-,23+,24?,25-,31+/m0/s1. The van der Waals surface area contributed by atoms with Gasteiger partial charge >= 0.3 is 11.9 Å². The zero-order valence-electron chi connectivity index (χ0n) is 27.9. The summed E-state index contributed by atoms with van der Waals surface area (Å²) in [5.41, 5.74) is -2.55. The van der Waals surface area contributed by atoms with E-state index in [-0.39, 0.29) is 11.5 Å². The van der Waals surface area contributed by atoms with E-state index in [2.05, 4.69) is 33.9 Å². The second-order valence-corrected chi connectivity index (χ2v) is 20.7. The van der Waals surface area contributed by atoms with Crippen LogP contribution in [0.3, 0.4) is 0 Å². The fraction of sp³-hybridized carbons (Fsp3) is 0.903. The van der Waals surface area contributed by atoms with E-state index in [1.54, 1.807) is 41.5 Å². The first-order valence-corrected chi connectivity index (χ1v) is 18.0. The Morgan fingerprint density at radius 2 is 1.48 bits per heavy atom. The summed E-state index contributed by atoms with van der Waals surface area (Å²) in [7, 11) is -2.29. The van der Waals surface area contributed by atoms with E-state index in [1.165, 1.54) is 6.92 Å². The number of carbonyl (C=O) groups is 3. The summed E-state index contributed by atoms with van der Waals surface area (Å²) in [6.07, 6.45) is -5.50. The van der Waals surface area contributed by atoms with Gasteiger partial charge in [-0.1, -0.05) is 41.5 Å². The van der Waals surface area contributed by atoms with Crippen molar-refractivity contribution in [3.05, 3.63) is 0 Å². The van der Waals surface area contributed by atoms with Gasteiger partial charge < -0.3 is 33.2 Å². The Hall–Kier alpha value is -1.37. The molecule has 3 aliphatic rings. The first-order valence-electron chi connectivity index (χ1n) is 15.1. The van der Waals surface area contributed by atoms with Crippen molar-refractivity contribution in [1.29, 1.82) is 0 Å². The highest BCUT2D eigenvalue weighted by molar-refractivity contribution is 6.74. The third-order valence-electron chi connectivity index (χ3n) is 9.16. The van der Waals surface area contributed by atoms with Crippen LogP contribution in [0.5, 0.6) is 0 Å². The predicted octanol–water partition coefficient (Wildman–Crippen LogP) is 4.69. The van der Waals surface area contributed by atoms with E-state index in [0.29, 0.717) is 12.8 Å². The topological polar surface area (TPSA) is 127 Å². The minimum absolute atomic E-state index is 0.0750. The fourth-order valence-corrected chi connectivity index (χ4v) is 6.85. The van der Waals surface area contributed by atoms with Crippen LogP contribution in [0, 0.1) is 10.8 Å². The quantitative estimate of drug-likeness (QED) is 0.332. The first-order chi connectivity index (χ1) is 18.9. The number of carbonyl (C=O) groups excluding carboxylic acids is 3. The van der Waals surface area contributed by atoms with Crippen LogP contribution in [-0.4, -0.2) is 85.8 Å². The number of hydrogen-bond acceptors (Lipinski definition) is 10. The van der Waals surface area contributed by atoms with Gasteiger partial charge in [-0.3, -0.25) is 14.4 Å². The molecular weight excluding hydrogens is 560 g/mol. The summed E-state index contributed by atoms with van der Waals surface area (Å²) in [6.45, 7) is 24.5. The minimum atomic E-state index is -2.29. The summed E-state index contributed by atoms with van der Waals surface area (Å²) in [5.74, 6) is -1.32. The van der Waals surface area contributed by atoms with Crippen molar-refractivity contribution in [2.75, 3.05) is 0 Å². The van der Waals surface area contributed by atoms with Gasteiger partial charge in [0.1, 0.15) is 23.9 Å². The maximum atomic E-state index is 13.1. The molecule has 3 aliphatic heterocycles. The van der Waals surface area contributed by atoms with Gasteiger partial charge in [-0.25, -0.2) is 0 Å². The van der Waals surface area contributed by atoms with Gasteiger partial charge in [0.15, 0.2) is 14.1 Å². The van der Waals surface area contributed by atoms with Gasteiger partial charge in [0.05, 0.1) is 29.8 Å². The number of ether oxygens (including phenoxy) is 5. The van der Waals surface area contributed by atoms with Crippen LogP contribution < -0.4 is 0 Å². The molecule has 10 nitrogen and oxygen atoms in total. The lowest BCUT2D eigenvalue weighted by Crippen LogP contribution is -2.70. The molecule has 1 unspecified atom stereocenters. The molecule has 1 N–H and O–H groups in total. The molecule has 0 bridgehead atoms. The average molecular weight is 615 g/mol. The van der Waals surface area contributed by atoms with E-state index in [4.69, 9.17) is 28.1 Å². The van der Waals surface area contributed by atoms with Crippen molar-refractivity contribution < 1.29 is 47.6 Å². The minimum Gasteiger partial charge on any atom is -0.459 e. The fourth-order valence-electron chi connectivity index (χ4n) is 5.45. The molecule has 3 fully saturated rings. The van der Waals surface area contributed by atoms with Gasteiger partial charge in [0.25, 0.3) is 0 Å². The Labute approximate surface area is 252 Å². The monoisotopic (exact) mass is 614 g/mol. The molecule has 0 aromatic rings. The number of rotatable bonds is 6. The molecule has 0 aromatic heterocycles. The van der Waals surface area contributed by atoms with E-state index in [0.717, 1.165) is 0 Å². The van der Waals surface area contributed by atoms with Crippen LogP contribution in [0.1, 0.15) is 95.4 Å². The highest BCUT2D eigenvalue weighted by Crippen LogP contribution is 2.48. The zero-order chi connectivity index (χ0) is 32.2. The SMILES string of the molecule is CC(=O)O[C@H]1C[C@H](O[Si](C)(C)C(C)(C)C)[C@]2(C)O[C@@H]3C[C@H](OC(=O)C(C)(C)C)[C@@H](C(O)C(=O)C(C)(C)C)O[C@H]3C[C@H]2O1. The Balaban J connectivity index is 1.96. The normalized spacial score (nSPS) is 35.0. The number of hydrogen-bond donors (Lipinski definition) is 1. The van der Waals surface area contributed by atoms with Crippen molar-refractivity contribution >= 4 is 26.0 Å². The third kappa shape index (κ3) is 7.46. The second-order valence-electron chi connectivity index (χ2n) is 16.0. The van der Waals surface area contributed by atoms with Crippen molar-refractivity contribution in [1.82, 2.24) is 0 Å². The number of ketones is 1. The Kier molecular flexibility index (Phi) is 9.91. The van der Waals surface area contributed by atoms with Crippen LogP contribution in [0.4, 0.5) is 0 Å². The summed E-state index contributed by atoms with van der Waals surface area (Å²) >= 11 is 0. The molecule has 0 aromatic carbocycles. The highest BCUT2D eigenvalue weighted by Gasteiger charge is 2.61. The Bertz CT molecular complexity index is 1020. The van der Waals surface area contributed by atoms with Crippen LogP contribution in [-0.2, 0) is 42.5 Å². The van der Waals surface area contributed by atoms with Crippen molar-refractivity contribution in [2.24, 2.45) is 10.8 Å². The van der Waals surface area contributed by atoms with Crippen molar-refractivity contribution in [2.45, 2.75) is 168 Å². The lowest BCUT2D eigenvalue weighted by molar-refractivity contribution is -0.346. The maximum absolute atomic E-state index is 13.1. The predicted molar refractivity (Wildman–Crippen MR) is 158 cm³/mol. The summed E-state index contributed by atoms with van der Waals surface area (Å²) in [6, 6.07) is 0. The number of aliphatic hydroxyl groups excluding tert-OH is 1. The Morgan fingerprint density at radius 3 is 1.98 bits per heavy atom. The van der Waals surface area contributed by atoms with Gasteiger partial charge in [-0.2, -0.15) is 0 Å². The molecule has 11 heteroatoms. The zero-order valence-corrected chi connectivity index (χ0v) is 28.9. The molecular formula is C31H54O10Si. The highest BCUT2D eigenvalue weighted by atomic mass is 28.4. The van der Waals surface area contributed by atoms with Gasteiger partial charge in [-0.05, 0) is 45.8 Å². The lowest BCUT2D eigenvalue weighted by atomic mass is 9.77.